The van der Waals surface area contributed by atoms with Crippen molar-refractivity contribution in [3.63, 3.8) is 0 Å². The molecule has 3 N–H and O–H groups in total. The second-order valence-corrected chi connectivity index (χ2v) is 3.86. The average molecular weight is 252 g/mol. The number of carbonyl (C=O) groups is 2. The summed E-state index contributed by atoms with van der Waals surface area (Å²) >= 11 is 0. The van der Waals surface area contributed by atoms with Gasteiger partial charge in [-0.3, -0.25) is 0 Å². The van der Waals surface area contributed by atoms with E-state index in [-0.39, 0.29) is 0 Å². The number of aliphatic hydroxyl groups is 1. The highest BCUT2D eigenvalue weighted by atomic mass is 16.4. The topological polar surface area (TPSA) is 89.9 Å². The number of amides is 2. The first kappa shape index (κ1) is 14.0. The van der Waals surface area contributed by atoms with Crippen LogP contribution in [0.4, 0.5) is 4.79 Å². The number of hydrogen-bond acceptors (Lipinski definition) is 3. The molecular formula is C12H16N2O4. The van der Waals surface area contributed by atoms with E-state index in [0.717, 1.165) is 5.56 Å². The largest absolute Gasteiger partial charge is 0.480 e. The van der Waals surface area contributed by atoms with Crippen LogP contribution in [0.3, 0.4) is 0 Å². The van der Waals surface area contributed by atoms with Gasteiger partial charge in [-0.1, -0.05) is 30.3 Å². The number of aliphatic hydroxyl groups excluding tert-OH is 1. The quantitative estimate of drug-likeness (QED) is 0.701. The number of hydrogen-bond donors (Lipinski definition) is 3. The summed E-state index contributed by atoms with van der Waals surface area (Å²) in [7, 11) is 1.55. The molecule has 0 bridgehead atoms. The maximum Gasteiger partial charge on any atom is 0.328 e. The smallest absolute Gasteiger partial charge is 0.328 e. The van der Waals surface area contributed by atoms with E-state index in [4.69, 9.17) is 10.2 Å². The van der Waals surface area contributed by atoms with Crippen LogP contribution in [-0.4, -0.2) is 46.8 Å². The molecule has 18 heavy (non-hydrogen) atoms. The summed E-state index contributed by atoms with van der Waals surface area (Å²) in [4.78, 5) is 23.7. The van der Waals surface area contributed by atoms with Crippen molar-refractivity contribution in [3.05, 3.63) is 35.9 Å². The Hall–Kier alpha value is -2.08. The lowest BCUT2D eigenvalue weighted by atomic mass is 10.2. The number of nitrogens with one attached hydrogen (secondary N) is 1. The van der Waals surface area contributed by atoms with E-state index in [1.807, 2.05) is 30.3 Å². The number of rotatable bonds is 5. The molecule has 0 spiro atoms. The number of benzene rings is 1. The van der Waals surface area contributed by atoms with Crippen LogP contribution in [0.25, 0.3) is 0 Å². The Kier molecular flexibility index (Phi) is 5.13. The fourth-order valence-electron chi connectivity index (χ4n) is 1.37. The summed E-state index contributed by atoms with van der Waals surface area (Å²) in [6.45, 7) is -0.273. The highest BCUT2D eigenvalue weighted by Crippen LogP contribution is 2.02. The van der Waals surface area contributed by atoms with Gasteiger partial charge in [0.1, 0.15) is 0 Å². The van der Waals surface area contributed by atoms with Gasteiger partial charge in [-0.25, -0.2) is 9.59 Å². The summed E-state index contributed by atoms with van der Waals surface area (Å²) < 4.78 is 0. The van der Waals surface area contributed by atoms with E-state index in [0.29, 0.717) is 6.54 Å². The van der Waals surface area contributed by atoms with Crippen molar-refractivity contribution in [1.82, 2.24) is 10.2 Å². The molecule has 0 aromatic heterocycles. The number of carbonyl (C=O) groups excluding carboxylic acids is 1. The molecule has 0 unspecified atom stereocenters. The first-order valence-corrected chi connectivity index (χ1v) is 5.43. The van der Waals surface area contributed by atoms with Crippen LogP contribution >= 0.6 is 0 Å². The number of aliphatic carboxylic acids is 1. The molecule has 0 radical (unpaired) electrons. The molecule has 98 valence electrons. The van der Waals surface area contributed by atoms with Crippen LogP contribution < -0.4 is 5.32 Å². The normalized spacial score (nSPS) is 11.7. The maximum atomic E-state index is 11.7. The van der Waals surface area contributed by atoms with Crippen molar-refractivity contribution in [3.8, 4) is 0 Å². The fraction of sp³-hybridized carbons (Fsp3) is 0.333. The minimum Gasteiger partial charge on any atom is -0.480 e. The van der Waals surface area contributed by atoms with Gasteiger partial charge in [-0.2, -0.15) is 0 Å². The number of carboxylic acids is 1. The van der Waals surface area contributed by atoms with Gasteiger partial charge in [-0.15, -0.1) is 0 Å². The second kappa shape index (κ2) is 6.61. The molecule has 1 aromatic rings. The van der Waals surface area contributed by atoms with Crippen molar-refractivity contribution in [2.24, 2.45) is 0 Å². The number of carboxylic acid groups (broad SMARTS) is 1. The highest BCUT2D eigenvalue weighted by molar-refractivity contribution is 5.82. The number of urea groups is 1. The fourth-order valence-corrected chi connectivity index (χ4v) is 1.37. The molecule has 1 rings (SSSR count). The first-order valence-electron chi connectivity index (χ1n) is 5.43. The molecule has 0 heterocycles. The zero-order chi connectivity index (χ0) is 13.5. The molecule has 2 amide bonds. The molecule has 6 nitrogen and oxygen atoms in total. The van der Waals surface area contributed by atoms with Crippen LogP contribution in [0.2, 0.25) is 0 Å². The van der Waals surface area contributed by atoms with E-state index >= 15 is 0 Å². The molecule has 0 saturated heterocycles. The SMILES string of the molecule is CN(Cc1ccccc1)C(=O)N[C@H](CO)C(=O)O. The van der Waals surface area contributed by atoms with Gasteiger partial charge in [0.25, 0.3) is 0 Å². The van der Waals surface area contributed by atoms with Gasteiger partial charge >= 0.3 is 12.0 Å². The van der Waals surface area contributed by atoms with Crippen molar-refractivity contribution in [1.29, 1.82) is 0 Å². The lowest BCUT2D eigenvalue weighted by Gasteiger charge is -2.20. The van der Waals surface area contributed by atoms with E-state index < -0.39 is 24.6 Å². The summed E-state index contributed by atoms with van der Waals surface area (Å²) in [5.74, 6) is -1.26. The zero-order valence-electron chi connectivity index (χ0n) is 10.0. The predicted molar refractivity (Wildman–Crippen MR) is 65.0 cm³/mol. The molecule has 6 heteroatoms. The van der Waals surface area contributed by atoms with Crippen LogP contribution in [0.15, 0.2) is 30.3 Å². The summed E-state index contributed by atoms with van der Waals surface area (Å²) in [6.07, 6.45) is 0. The Morgan fingerprint density at radius 1 is 1.33 bits per heavy atom. The summed E-state index contributed by atoms with van der Waals surface area (Å²) in [6, 6.07) is 7.49. The van der Waals surface area contributed by atoms with Gasteiger partial charge in [0.15, 0.2) is 6.04 Å². The van der Waals surface area contributed by atoms with Crippen LogP contribution in [-0.2, 0) is 11.3 Å². The van der Waals surface area contributed by atoms with Gasteiger partial charge in [0, 0.05) is 13.6 Å². The Morgan fingerprint density at radius 3 is 2.44 bits per heavy atom. The number of nitrogens with zero attached hydrogens (tertiary/aromatic N) is 1. The molecule has 0 saturated carbocycles. The highest BCUT2D eigenvalue weighted by Gasteiger charge is 2.20. The Labute approximate surface area is 105 Å². The van der Waals surface area contributed by atoms with Crippen LogP contribution in [0, 0.1) is 0 Å². The third-order valence-electron chi connectivity index (χ3n) is 2.39. The van der Waals surface area contributed by atoms with Crippen molar-refractivity contribution in [2.45, 2.75) is 12.6 Å². The Balaban J connectivity index is 2.54. The van der Waals surface area contributed by atoms with Gasteiger partial charge < -0.3 is 20.4 Å². The standard InChI is InChI=1S/C12H16N2O4/c1-14(7-9-5-3-2-4-6-9)12(18)13-10(8-15)11(16)17/h2-6,10,15H,7-8H2,1H3,(H,13,18)(H,16,17)/t10-/m1/s1. The second-order valence-electron chi connectivity index (χ2n) is 3.86. The third kappa shape index (κ3) is 4.06. The van der Waals surface area contributed by atoms with Gasteiger partial charge in [0.05, 0.1) is 6.61 Å². The molecule has 1 aromatic carbocycles. The lowest BCUT2D eigenvalue weighted by Crippen LogP contribution is -2.48. The Morgan fingerprint density at radius 2 is 1.94 bits per heavy atom. The maximum absolute atomic E-state index is 11.7. The predicted octanol–water partition coefficient (Wildman–Crippen LogP) is 0.274. The van der Waals surface area contributed by atoms with Crippen molar-refractivity contribution >= 4 is 12.0 Å². The molecule has 1 atom stereocenters. The van der Waals surface area contributed by atoms with Crippen molar-refractivity contribution in [2.75, 3.05) is 13.7 Å². The third-order valence-corrected chi connectivity index (χ3v) is 2.39. The monoisotopic (exact) mass is 252 g/mol. The van der Waals surface area contributed by atoms with Gasteiger partial charge in [0.2, 0.25) is 0 Å². The minimum atomic E-state index is -1.28. The van der Waals surface area contributed by atoms with Crippen LogP contribution in [0.1, 0.15) is 5.56 Å². The van der Waals surface area contributed by atoms with Crippen molar-refractivity contribution < 1.29 is 19.8 Å². The minimum absolute atomic E-state index is 0.366. The molecule has 0 aliphatic rings. The Bertz CT molecular complexity index is 408. The average Bonchev–Trinajstić information content (AvgIpc) is 2.36. The lowest BCUT2D eigenvalue weighted by molar-refractivity contribution is -0.140. The zero-order valence-corrected chi connectivity index (χ0v) is 10.0. The molecule has 0 fully saturated rings. The van der Waals surface area contributed by atoms with E-state index in [9.17, 15) is 9.59 Å². The first-order chi connectivity index (χ1) is 8.54. The van der Waals surface area contributed by atoms with Crippen LogP contribution in [0.5, 0.6) is 0 Å². The molecule has 0 aliphatic heterocycles. The molecule has 0 aliphatic carbocycles. The van der Waals surface area contributed by atoms with Gasteiger partial charge in [-0.05, 0) is 5.56 Å². The summed E-state index contributed by atoms with van der Waals surface area (Å²) in [5, 5.41) is 19.7. The molecular weight excluding hydrogens is 236 g/mol. The van der Waals surface area contributed by atoms with E-state index in [1.54, 1.807) is 7.05 Å². The summed E-state index contributed by atoms with van der Waals surface area (Å²) in [5.41, 5.74) is 0.936. The van der Waals surface area contributed by atoms with E-state index in [2.05, 4.69) is 5.32 Å². The van der Waals surface area contributed by atoms with E-state index in [1.165, 1.54) is 4.90 Å².